The third-order valence-electron chi connectivity index (χ3n) is 4.87. The van der Waals surface area contributed by atoms with E-state index in [0.29, 0.717) is 0 Å². The molecule has 2 aliphatic heterocycles. The number of benzene rings is 1. The first kappa shape index (κ1) is 20.7. The molecule has 1 atom stereocenters. The number of piperidine rings is 1. The van der Waals surface area contributed by atoms with E-state index in [1.807, 2.05) is 0 Å². The van der Waals surface area contributed by atoms with Crippen LogP contribution in [-0.2, 0) is 6.54 Å². The van der Waals surface area contributed by atoms with E-state index in [-0.39, 0.29) is 24.8 Å². The van der Waals surface area contributed by atoms with Gasteiger partial charge in [-0.05, 0) is 44.3 Å². The fourth-order valence-corrected chi connectivity index (χ4v) is 3.64. The fourth-order valence-electron chi connectivity index (χ4n) is 3.64. The van der Waals surface area contributed by atoms with E-state index in [1.54, 1.807) is 0 Å². The molecule has 0 amide bonds. The first-order valence-electron chi connectivity index (χ1n) is 8.50. The van der Waals surface area contributed by atoms with Crippen LogP contribution < -0.4 is 5.32 Å². The SMILES string of the molecule is Cc1cccc(CN2CCN(CC3CCCNC3)CC2)c1.Cl.Cl. The summed E-state index contributed by atoms with van der Waals surface area (Å²) in [7, 11) is 0. The number of hydrogen-bond acceptors (Lipinski definition) is 3. The summed E-state index contributed by atoms with van der Waals surface area (Å²) >= 11 is 0. The van der Waals surface area contributed by atoms with Crippen molar-refractivity contribution >= 4 is 24.8 Å². The van der Waals surface area contributed by atoms with Crippen molar-refractivity contribution in [1.82, 2.24) is 15.1 Å². The molecular weight excluding hydrogens is 329 g/mol. The van der Waals surface area contributed by atoms with Gasteiger partial charge < -0.3 is 10.2 Å². The molecule has 2 fully saturated rings. The zero-order valence-electron chi connectivity index (χ0n) is 14.2. The maximum atomic E-state index is 3.53. The molecule has 2 heterocycles. The molecule has 0 aliphatic carbocycles. The first-order valence-corrected chi connectivity index (χ1v) is 8.50. The second-order valence-corrected chi connectivity index (χ2v) is 6.78. The average Bonchev–Trinajstić information content (AvgIpc) is 2.50. The lowest BCUT2D eigenvalue weighted by Gasteiger charge is -2.37. The third kappa shape index (κ3) is 6.60. The zero-order valence-corrected chi connectivity index (χ0v) is 15.8. The van der Waals surface area contributed by atoms with Gasteiger partial charge in [-0.3, -0.25) is 4.90 Å². The van der Waals surface area contributed by atoms with Gasteiger partial charge >= 0.3 is 0 Å². The molecular formula is C18H31Cl2N3. The summed E-state index contributed by atoms with van der Waals surface area (Å²) in [5.74, 6) is 0.877. The molecule has 0 aromatic heterocycles. The smallest absolute Gasteiger partial charge is 0.0234 e. The van der Waals surface area contributed by atoms with Crippen LogP contribution in [0.1, 0.15) is 24.0 Å². The van der Waals surface area contributed by atoms with Crippen LogP contribution in [0.4, 0.5) is 0 Å². The first-order chi connectivity index (χ1) is 10.3. The van der Waals surface area contributed by atoms with Crippen LogP contribution in [0.25, 0.3) is 0 Å². The molecule has 1 aromatic rings. The summed E-state index contributed by atoms with van der Waals surface area (Å²) in [5, 5.41) is 3.53. The van der Waals surface area contributed by atoms with Crippen LogP contribution in [0.3, 0.4) is 0 Å². The number of nitrogens with one attached hydrogen (secondary N) is 1. The Kier molecular flexibility index (Phi) is 9.48. The molecule has 23 heavy (non-hydrogen) atoms. The van der Waals surface area contributed by atoms with Crippen LogP contribution in [0.5, 0.6) is 0 Å². The highest BCUT2D eigenvalue weighted by atomic mass is 35.5. The van der Waals surface area contributed by atoms with Crippen LogP contribution in [0.2, 0.25) is 0 Å². The van der Waals surface area contributed by atoms with Crippen LogP contribution >= 0.6 is 24.8 Å². The third-order valence-corrected chi connectivity index (χ3v) is 4.87. The predicted molar refractivity (Wildman–Crippen MR) is 103 cm³/mol. The molecule has 0 radical (unpaired) electrons. The lowest BCUT2D eigenvalue weighted by atomic mass is 9.99. The molecule has 2 saturated heterocycles. The standard InChI is InChI=1S/C18H29N3.2ClH/c1-16-4-2-5-17(12-16)14-20-8-10-21(11-9-20)15-18-6-3-7-19-13-18;;/h2,4-5,12,18-19H,3,6-11,13-15H2,1H3;2*1H. The predicted octanol–water partition coefficient (Wildman–Crippen LogP) is 2.96. The molecule has 1 N–H and O–H groups in total. The van der Waals surface area contributed by atoms with E-state index in [0.717, 1.165) is 12.5 Å². The number of halogens is 2. The van der Waals surface area contributed by atoms with Gasteiger partial charge in [-0.1, -0.05) is 29.8 Å². The monoisotopic (exact) mass is 359 g/mol. The molecule has 0 bridgehead atoms. The van der Waals surface area contributed by atoms with E-state index < -0.39 is 0 Å². The van der Waals surface area contributed by atoms with Gasteiger partial charge in [0, 0.05) is 39.3 Å². The van der Waals surface area contributed by atoms with E-state index >= 15 is 0 Å². The van der Waals surface area contributed by atoms with Crippen molar-refractivity contribution in [2.24, 2.45) is 5.92 Å². The Morgan fingerprint density at radius 3 is 2.48 bits per heavy atom. The Bertz CT molecular complexity index is 442. The van der Waals surface area contributed by atoms with Gasteiger partial charge in [0.25, 0.3) is 0 Å². The summed E-state index contributed by atoms with van der Waals surface area (Å²) in [5.41, 5.74) is 2.83. The van der Waals surface area contributed by atoms with Gasteiger partial charge in [0.15, 0.2) is 0 Å². The van der Waals surface area contributed by atoms with Gasteiger partial charge in [0.2, 0.25) is 0 Å². The van der Waals surface area contributed by atoms with Crippen molar-refractivity contribution in [3.63, 3.8) is 0 Å². The van der Waals surface area contributed by atoms with E-state index in [1.165, 1.54) is 69.8 Å². The van der Waals surface area contributed by atoms with Gasteiger partial charge in [-0.15, -0.1) is 24.8 Å². The van der Waals surface area contributed by atoms with Gasteiger partial charge in [0.1, 0.15) is 0 Å². The molecule has 1 unspecified atom stereocenters. The maximum absolute atomic E-state index is 3.53. The topological polar surface area (TPSA) is 18.5 Å². The minimum Gasteiger partial charge on any atom is -0.316 e. The summed E-state index contributed by atoms with van der Waals surface area (Å²) in [6.07, 6.45) is 2.77. The van der Waals surface area contributed by atoms with E-state index in [9.17, 15) is 0 Å². The van der Waals surface area contributed by atoms with Crippen molar-refractivity contribution in [3.8, 4) is 0 Å². The largest absolute Gasteiger partial charge is 0.316 e. The van der Waals surface area contributed by atoms with Crippen molar-refractivity contribution in [2.45, 2.75) is 26.3 Å². The molecule has 1 aromatic carbocycles. The average molecular weight is 360 g/mol. The lowest BCUT2D eigenvalue weighted by Crippen LogP contribution is -2.48. The number of aryl methyl sites for hydroxylation is 1. The molecule has 3 nitrogen and oxygen atoms in total. The molecule has 0 spiro atoms. The highest BCUT2D eigenvalue weighted by Crippen LogP contribution is 2.15. The number of piperazine rings is 1. The van der Waals surface area contributed by atoms with Crippen molar-refractivity contribution < 1.29 is 0 Å². The minimum atomic E-state index is 0. The number of nitrogens with zero attached hydrogens (tertiary/aromatic N) is 2. The zero-order chi connectivity index (χ0) is 14.5. The second-order valence-electron chi connectivity index (χ2n) is 6.78. The lowest BCUT2D eigenvalue weighted by molar-refractivity contribution is 0.108. The fraction of sp³-hybridized carbons (Fsp3) is 0.667. The Hall–Kier alpha value is -0.320. The van der Waals surface area contributed by atoms with Crippen molar-refractivity contribution in [3.05, 3.63) is 35.4 Å². The Balaban J connectivity index is 0.00000132. The molecule has 5 heteroatoms. The van der Waals surface area contributed by atoms with Gasteiger partial charge in [-0.2, -0.15) is 0 Å². The van der Waals surface area contributed by atoms with Crippen molar-refractivity contribution in [1.29, 1.82) is 0 Å². The second kappa shape index (κ2) is 10.5. The molecule has 132 valence electrons. The molecule has 0 saturated carbocycles. The van der Waals surface area contributed by atoms with Crippen LogP contribution in [-0.4, -0.2) is 55.6 Å². The highest BCUT2D eigenvalue weighted by Gasteiger charge is 2.21. The maximum Gasteiger partial charge on any atom is 0.0234 e. The highest BCUT2D eigenvalue weighted by molar-refractivity contribution is 5.85. The number of rotatable bonds is 4. The summed E-state index contributed by atoms with van der Waals surface area (Å²) in [4.78, 5) is 5.27. The molecule has 2 aliphatic rings. The summed E-state index contributed by atoms with van der Waals surface area (Å²) < 4.78 is 0. The molecule has 3 rings (SSSR count). The van der Waals surface area contributed by atoms with E-state index in [2.05, 4.69) is 46.3 Å². The Morgan fingerprint density at radius 2 is 1.83 bits per heavy atom. The minimum absolute atomic E-state index is 0. The number of hydrogen-bond donors (Lipinski definition) is 1. The summed E-state index contributed by atoms with van der Waals surface area (Å²) in [6.45, 7) is 11.9. The van der Waals surface area contributed by atoms with Gasteiger partial charge in [0.05, 0.1) is 0 Å². The Morgan fingerprint density at radius 1 is 1.09 bits per heavy atom. The van der Waals surface area contributed by atoms with Crippen LogP contribution in [0, 0.1) is 12.8 Å². The van der Waals surface area contributed by atoms with Gasteiger partial charge in [-0.25, -0.2) is 0 Å². The normalized spacial score (nSPS) is 22.9. The van der Waals surface area contributed by atoms with Crippen molar-refractivity contribution in [2.75, 3.05) is 45.8 Å². The quantitative estimate of drug-likeness (QED) is 0.891. The van der Waals surface area contributed by atoms with E-state index in [4.69, 9.17) is 0 Å². The Labute approximate surface area is 153 Å². The summed E-state index contributed by atoms with van der Waals surface area (Å²) in [6, 6.07) is 8.93. The van der Waals surface area contributed by atoms with Crippen LogP contribution in [0.15, 0.2) is 24.3 Å².